The van der Waals surface area contributed by atoms with Gasteiger partial charge in [0, 0.05) is 98.4 Å². The molecule has 0 bridgehead atoms. The van der Waals surface area contributed by atoms with Crippen molar-refractivity contribution >= 4 is 120 Å². The number of hydrogen-bond donors (Lipinski definition) is 0. The third-order valence-corrected chi connectivity index (χ3v) is 20.4. The maximum atomic E-state index is 5.65. The topological polar surface area (TPSA) is 50.4 Å². The summed E-state index contributed by atoms with van der Waals surface area (Å²) < 4.78 is 12.9. The molecule has 0 amide bonds. The minimum Gasteiger partial charge on any atom is -0.313 e. The van der Waals surface area contributed by atoms with Crippen LogP contribution < -0.4 is 0 Å². The summed E-state index contributed by atoms with van der Waals surface area (Å²) in [5.74, 6) is 0.641. The van der Waals surface area contributed by atoms with Gasteiger partial charge in [-0.3, -0.25) is 4.57 Å². The highest BCUT2D eigenvalue weighted by molar-refractivity contribution is 9.10. The second kappa shape index (κ2) is 22.6. The van der Waals surface area contributed by atoms with Crippen molar-refractivity contribution in [3.63, 3.8) is 0 Å². The molecule has 0 aliphatic heterocycles. The van der Waals surface area contributed by atoms with E-state index in [2.05, 4.69) is 368 Å². The smallest absolute Gasteiger partial charge is 0.162 e. The minimum atomic E-state index is 0.641. The summed E-state index contributed by atoms with van der Waals surface area (Å²) in [5.41, 5.74) is 25.6. The van der Waals surface area contributed by atoms with Crippen LogP contribution in [0.25, 0.3) is 178 Å². The predicted octanol–water partition coefficient (Wildman–Crippen LogP) is 23.8. The van der Waals surface area contributed by atoms with Crippen molar-refractivity contribution in [1.82, 2.24) is 32.8 Å². The molecule has 13 aromatic carbocycles. The number of benzene rings is 13. The first kappa shape index (κ1) is 56.4. The first-order chi connectivity index (χ1) is 47.9. The van der Waals surface area contributed by atoms with Crippen LogP contribution in [0.1, 0.15) is 25.1 Å². The van der Waals surface area contributed by atoms with Gasteiger partial charge in [-0.2, -0.15) is 0 Å². The molecule has 19 rings (SSSR count). The second-order valence-corrected chi connectivity index (χ2v) is 26.1. The summed E-state index contributed by atoms with van der Waals surface area (Å²) in [4.78, 5) is 11.2. The predicted molar refractivity (Wildman–Crippen MR) is 410 cm³/mol. The van der Waals surface area contributed by atoms with Crippen LogP contribution >= 0.6 is 15.9 Å². The second-order valence-electron chi connectivity index (χ2n) is 25.2. The van der Waals surface area contributed by atoms with E-state index in [1.54, 1.807) is 0 Å². The Morgan fingerprint density at radius 1 is 0.309 bits per heavy atom. The number of para-hydroxylation sites is 6. The average Bonchev–Trinajstić information content (AvgIpc) is 1.59. The largest absolute Gasteiger partial charge is 0.313 e. The van der Waals surface area contributed by atoms with Gasteiger partial charge in [-0.1, -0.05) is 193 Å². The third-order valence-electron chi connectivity index (χ3n) is 19.9. The van der Waals surface area contributed by atoms with Crippen molar-refractivity contribution in [2.45, 2.75) is 20.3 Å². The van der Waals surface area contributed by atoms with Gasteiger partial charge in [-0.05, 0) is 181 Å². The summed E-state index contributed by atoms with van der Waals surface area (Å²) in [7, 11) is 0. The molecular formula is C89H60BrN7. The number of hydrogen-bond acceptors (Lipinski definition) is 2. The lowest BCUT2D eigenvalue weighted by Gasteiger charge is -2.13. The molecule has 0 atom stereocenters. The average molecular weight is 1310 g/mol. The SMILES string of the molecule is C/C=C\c1c(CC)n(-c2ccccc2)c2cc(-c3ccc4c(c3)c3ccccc3n4-c3ccc(-c4nc(-c5ccc(-n6c7ccccc7c7cc(-c8ccc9c%10ccccc%10n(-c%10ccccc%10)c9c8)ccc76)cc5)nc5c4c4cc(Br)ccc4n5-c4ccccc4)cc3)ccc12. The summed E-state index contributed by atoms with van der Waals surface area (Å²) >= 11 is 3.87. The van der Waals surface area contributed by atoms with E-state index in [1.807, 2.05) is 0 Å². The number of allylic oxidation sites excluding steroid dienone is 1. The van der Waals surface area contributed by atoms with E-state index >= 15 is 0 Å². The summed E-state index contributed by atoms with van der Waals surface area (Å²) in [6.07, 6.45) is 5.33. The molecule has 7 nitrogen and oxygen atoms in total. The molecular weight excluding hydrogens is 1250 g/mol. The Labute approximate surface area is 568 Å². The highest BCUT2D eigenvalue weighted by Crippen LogP contribution is 2.44. The Bertz CT molecular complexity index is 6400. The van der Waals surface area contributed by atoms with Crippen LogP contribution in [0.2, 0.25) is 0 Å². The van der Waals surface area contributed by atoms with E-state index in [0.29, 0.717) is 5.82 Å². The normalized spacial score (nSPS) is 12.1. The molecule has 0 N–H and O–H groups in total. The molecule has 8 heteroatoms. The van der Waals surface area contributed by atoms with E-state index in [9.17, 15) is 0 Å². The van der Waals surface area contributed by atoms with Crippen molar-refractivity contribution in [3.8, 4) is 73.3 Å². The molecule has 6 aromatic heterocycles. The minimum absolute atomic E-state index is 0.641. The third kappa shape index (κ3) is 8.94. The molecule has 0 spiro atoms. The molecule has 458 valence electrons. The first-order valence-corrected chi connectivity index (χ1v) is 34.0. The van der Waals surface area contributed by atoms with Gasteiger partial charge in [0.25, 0.3) is 0 Å². The Balaban J connectivity index is 0.718. The summed E-state index contributed by atoms with van der Waals surface area (Å²) in [6.45, 7) is 4.36. The van der Waals surface area contributed by atoms with Crippen molar-refractivity contribution in [1.29, 1.82) is 0 Å². The van der Waals surface area contributed by atoms with Crippen LogP contribution in [0.5, 0.6) is 0 Å². The number of nitrogens with zero attached hydrogens (tertiary/aromatic N) is 7. The van der Waals surface area contributed by atoms with Crippen molar-refractivity contribution in [3.05, 3.63) is 325 Å². The Morgan fingerprint density at radius 3 is 1.25 bits per heavy atom. The molecule has 97 heavy (non-hydrogen) atoms. The standard InChI is InChI=1S/C89H60BrN7/c1-3-20-68-72-46-37-60(53-84(72)93(77(68)4-2)63-21-8-5-9-22-63)58-39-48-81-74(51-58)70-28-15-18-31-79(70)94(81)66-42-33-56(34-43-66)87-86-76-55-62(90)41-50-83(76)97(65-25-12-7-13-26-65)89(86)92-88(91-87)57-35-44-67(45-36-57)95-80-32-19-16-29-71(80)75-52-59(40-49-82(75)95)61-38-47-73-69-27-14-17-30-78(69)96(85(73)54-61)64-23-10-6-11-24-64/h3,5-55H,4H2,1-2H3/b20-3-. The van der Waals surface area contributed by atoms with Gasteiger partial charge in [0.05, 0.1) is 55.2 Å². The van der Waals surface area contributed by atoms with E-state index in [-0.39, 0.29) is 0 Å². The molecule has 19 aromatic rings. The zero-order valence-corrected chi connectivity index (χ0v) is 54.8. The van der Waals surface area contributed by atoms with Crippen molar-refractivity contribution in [2.75, 3.05) is 0 Å². The van der Waals surface area contributed by atoms with Crippen LogP contribution in [-0.4, -0.2) is 32.8 Å². The zero-order chi connectivity index (χ0) is 64.4. The fraction of sp³-hybridized carbons (Fsp3) is 0.0337. The Hall–Kier alpha value is -12.1. The lowest BCUT2D eigenvalue weighted by atomic mass is 10.0. The number of fused-ring (bicyclic) bond motifs is 13. The zero-order valence-electron chi connectivity index (χ0n) is 53.2. The van der Waals surface area contributed by atoms with Crippen molar-refractivity contribution in [2.24, 2.45) is 0 Å². The molecule has 0 fully saturated rings. The van der Waals surface area contributed by atoms with Gasteiger partial charge >= 0.3 is 0 Å². The Morgan fingerprint density at radius 2 is 0.701 bits per heavy atom. The number of halogens is 1. The fourth-order valence-corrected chi connectivity index (χ4v) is 15.9. The van der Waals surface area contributed by atoms with Gasteiger partial charge in [0.15, 0.2) is 5.82 Å². The summed E-state index contributed by atoms with van der Waals surface area (Å²) in [6, 6.07) is 110. The molecule has 0 radical (unpaired) electrons. The summed E-state index contributed by atoms with van der Waals surface area (Å²) in [5, 5.41) is 10.6. The molecule has 0 aliphatic rings. The number of aromatic nitrogens is 7. The van der Waals surface area contributed by atoms with Crippen LogP contribution in [0, 0.1) is 0 Å². The monoisotopic (exact) mass is 1310 g/mol. The maximum absolute atomic E-state index is 5.65. The lowest BCUT2D eigenvalue weighted by Crippen LogP contribution is -2.00. The van der Waals surface area contributed by atoms with E-state index in [1.165, 1.54) is 93.5 Å². The van der Waals surface area contributed by atoms with Crippen molar-refractivity contribution < 1.29 is 0 Å². The lowest BCUT2D eigenvalue weighted by molar-refractivity contribution is 0.957. The van der Waals surface area contributed by atoms with Gasteiger partial charge < -0.3 is 18.3 Å². The van der Waals surface area contributed by atoms with Gasteiger partial charge in [0.2, 0.25) is 0 Å². The number of rotatable bonds is 11. The van der Waals surface area contributed by atoms with Crippen LogP contribution in [0.3, 0.4) is 0 Å². The van der Waals surface area contributed by atoms with Crippen LogP contribution in [0.15, 0.2) is 314 Å². The fourth-order valence-electron chi connectivity index (χ4n) is 15.6. The van der Waals surface area contributed by atoms with E-state index in [4.69, 9.17) is 9.97 Å². The quantitative estimate of drug-likeness (QED) is 0.130. The van der Waals surface area contributed by atoms with E-state index < -0.39 is 0 Å². The van der Waals surface area contributed by atoms with Crippen LogP contribution in [-0.2, 0) is 6.42 Å². The molecule has 6 heterocycles. The van der Waals surface area contributed by atoms with Gasteiger partial charge in [0.1, 0.15) is 5.65 Å². The van der Waals surface area contributed by atoms with Gasteiger partial charge in [-0.15, -0.1) is 0 Å². The molecule has 0 aliphatic carbocycles. The molecule has 0 unspecified atom stereocenters. The Kier molecular flexibility index (Phi) is 13.1. The highest BCUT2D eigenvalue weighted by Gasteiger charge is 2.24. The molecule has 0 saturated heterocycles. The first-order valence-electron chi connectivity index (χ1n) is 33.2. The highest BCUT2D eigenvalue weighted by atomic mass is 79.9. The van der Waals surface area contributed by atoms with Gasteiger partial charge in [-0.25, -0.2) is 9.97 Å². The maximum Gasteiger partial charge on any atom is 0.162 e. The van der Waals surface area contributed by atoms with Crippen LogP contribution in [0.4, 0.5) is 0 Å². The van der Waals surface area contributed by atoms with E-state index in [0.717, 1.165) is 94.5 Å². The molecule has 0 saturated carbocycles.